The summed E-state index contributed by atoms with van der Waals surface area (Å²) in [6.45, 7) is 0.453. The lowest BCUT2D eigenvalue weighted by molar-refractivity contribution is -0.128. The first-order valence-corrected chi connectivity index (χ1v) is 7.36. The summed E-state index contributed by atoms with van der Waals surface area (Å²) in [6, 6.07) is 4.48. The molecular formula is C16H12F5N3O. The highest BCUT2D eigenvalue weighted by Crippen LogP contribution is 2.26. The molecule has 2 heterocycles. The van der Waals surface area contributed by atoms with Gasteiger partial charge in [0.15, 0.2) is 0 Å². The number of hydrogen-bond donors (Lipinski definition) is 1. The standard InChI is InChI=1S/C16H12F5N3O/c17-9-3-1-8(2-4-9)7-24-6-5-10(16(24)25)22-13-11(18)14(20)23-15(21)12(13)19/h1-4,10H,5-7H2,(H,22,23). The lowest BCUT2D eigenvalue weighted by Crippen LogP contribution is -2.33. The Hall–Kier alpha value is -2.71. The number of amides is 1. The van der Waals surface area contributed by atoms with E-state index < -0.39 is 47.0 Å². The van der Waals surface area contributed by atoms with E-state index in [1.807, 2.05) is 0 Å². The minimum Gasteiger partial charge on any atom is -0.369 e. The SMILES string of the molecule is O=C1C(Nc2c(F)c(F)nc(F)c2F)CCN1Cc1ccc(F)cc1. The number of rotatable bonds is 4. The molecule has 1 saturated heterocycles. The van der Waals surface area contributed by atoms with Gasteiger partial charge in [-0.3, -0.25) is 4.79 Å². The zero-order valence-corrected chi connectivity index (χ0v) is 12.7. The first-order chi connectivity index (χ1) is 11.9. The maximum absolute atomic E-state index is 13.6. The molecule has 9 heteroatoms. The minimum atomic E-state index is -1.80. The van der Waals surface area contributed by atoms with Gasteiger partial charge in [-0.25, -0.2) is 4.39 Å². The molecule has 0 bridgehead atoms. The van der Waals surface area contributed by atoms with Crippen molar-refractivity contribution < 1.29 is 26.7 Å². The van der Waals surface area contributed by atoms with Gasteiger partial charge in [0.25, 0.3) is 11.9 Å². The number of carbonyl (C=O) groups is 1. The Morgan fingerprint density at radius 3 is 2.24 bits per heavy atom. The summed E-state index contributed by atoms with van der Waals surface area (Å²) in [5.41, 5.74) is -0.388. The van der Waals surface area contributed by atoms with Crippen molar-refractivity contribution in [1.29, 1.82) is 0 Å². The average molecular weight is 357 g/mol. The fourth-order valence-corrected chi connectivity index (χ4v) is 2.63. The zero-order valence-electron chi connectivity index (χ0n) is 12.7. The monoisotopic (exact) mass is 357 g/mol. The lowest BCUT2D eigenvalue weighted by Gasteiger charge is -2.18. The Bertz CT molecular complexity index is 786. The van der Waals surface area contributed by atoms with Crippen molar-refractivity contribution >= 4 is 11.6 Å². The van der Waals surface area contributed by atoms with E-state index in [-0.39, 0.29) is 19.5 Å². The number of nitrogens with one attached hydrogen (secondary N) is 1. The van der Waals surface area contributed by atoms with Crippen molar-refractivity contribution in [2.45, 2.75) is 19.0 Å². The molecule has 2 aromatic rings. The Labute approximate surface area is 139 Å². The number of pyridine rings is 1. The Balaban J connectivity index is 1.74. The molecule has 1 atom stereocenters. The zero-order chi connectivity index (χ0) is 18.1. The van der Waals surface area contributed by atoms with Gasteiger partial charge in [-0.1, -0.05) is 12.1 Å². The number of aromatic nitrogens is 1. The van der Waals surface area contributed by atoms with Gasteiger partial charge in [0, 0.05) is 13.1 Å². The number of carbonyl (C=O) groups excluding carboxylic acids is 1. The van der Waals surface area contributed by atoms with Gasteiger partial charge in [0.2, 0.25) is 17.5 Å². The van der Waals surface area contributed by atoms with Gasteiger partial charge < -0.3 is 10.2 Å². The molecule has 0 radical (unpaired) electrons. The van der Waals surface area contributed by atoms with Crippen LogP contribution in [0.2, 0.25) is 0 Å². The van der Waals surface area contributed by atoms with Gasteiger partial charge in [-0.15, -0.1) is 0 Å². The van der Waals surface area contributed by atoms with Crippen LogP contribution in [0.25, 0.3) is 0 Å². The summed E-state index contributed by atoms with van der Waals surface area (Å²) in [7, 11) is 0. The van der Waals surface area contributed by atoms with Crippen LogP contribution in [0.15, 0.2) is 24.3 Å². The van der Waals surface area contributed by atoms with E-state index in [1.54, 1.807) is 0 Å². The highest BCUT2D eigenvalue weighted by atomic mass is 19.2. The van der Waals surface area contributed by atoms with Crippen molar-refractivity contribution in [2.75, 3.05) is 11.9 Å². The fourth-order valence-electron chi connectivity index (χ4n) is 2.63. The number of hydrogen-bond acceptors (Lipinski definition) is 3. The molecular weight excluding hydrogens is 345 g/mol. The molecule has 0 spiro atoms. The van der Waals surface area contributed by atoms with Crippen LogP contribution in [0.3, 0.4) is 0 Å². The van der Waals surface area contributed by atoms with E-state index in [0.717, 1.165) is 0 Å². The third-order valence-electron chi connectivity index (χ3n) is 3.90. The van der Waals surface area contributed by atoms with Crippen molar-refractivity contribution in [3.05, 3.63) is 59.2 Å². The molecule has 25 heavy (non-hydrogen) atoms. The molecule has 0 aliphatic carbocycles. The van der Waals surface area contributed by atoms with Crippen molar-refractivity contribution in [2.24, 2.45) is 0 Å². The summed E-state index contributed by atoms with van der Waals surface area (Å²) in [5, 5.41) is 2.21. The van der Waals surface area contributed by atoms with E-state index in [0.29, 0.717) is 5.56 Å². The number of likely N-dealkylation sites (tertiary alicyclic amines) is 1. The van der Waals surface area contributed by atoms with Crippen LogP contribution in [0.5, 0.6) is 0 Å². The predicted octanol–water partition coefficient (Wildman–Crippen LogP) is 2.99. The van der Waals surface area contributed by atoms with Crippen molar-refractivity contribution in [3.63, 3.8) is 0 Å². The smallest absolute Gasteiger partial charge is 0.253 e. The largest absolute Gasteiger partial charge is 0.369 e. The van der Waals surface area contributed by atoms with E-state index in [4.69, 9.17) is 0 Å². The van der Waals surface area contributed by atoms with Crippen LogP contribution in [-0.2, 0) is 11.3 Å². The summed E-state index contributed by atoms with van der Waals surface area (Å²) in [5.74, 6) is -7.87. The number of anilines is 1. The van der Waals surface area contributed by atoms with Crippen LogP contribution >= 0.6 is 0 Å². The molecule has 1 N–H and O–H groups in total. The lowest BCUT2D eigenvalue weighted by atomic mass is 10.2. The third-order valence-corrected chi connectivity index (χ3v) is 3.90. The number of halogens is 5. The van der Waals surface area contributed by atoms with Gasteiger partial charge in [0.05, 0.1) is 0 Å². The quantitative estimate of drug-likeness (QED) is 0.676. The molecule has 1 aliphatic heterocycles. The minimum absolute atomic E-state index is 0.182. The summed E-state index contributed by atoms with van der Waals surface area (Å²) in [6.07, 6.45) is 0.185. The fraction of sp³-hybridized carbons (Fsp3) is 0.250. The Morgan fingerprint density at radius 2 is 1.64 bits per heavy atom. The Kier molecular flexibility index (Phi) is 4.56. The number of nitrogens with zero attached hydrogens (tertiary/aromatic N) is 2. The van der Waals surface area contributed by atoms with Crippen LogP contribution in [0.1, 0.15) is 12.0 Å². The second-order valence-corrected chi connectivity index (χ2v) is 5.57. The van der Waals surface area contributed by atoms with Gasteiger partial charge in [-0.2, -0.15) is 22.5 Å². The van der Waals surface area contributed by atoms with Crippen LogP contribution in [0.4, 0.5) is 27.6 Å². The van der Waals surface area contributed by atoms with E-state index in [1.165, 1.54) is 29.2 Å². The Morgan fingerprint density at radius 1 is 1.04 bits per heavy atom. The molecule has 3 rings (SSSR count). The topological polar surface area (TPSA) is 45.2 Å². The highest BCUT2D eigenvalue weighted by Gasteiger charge is 2.34. The molecule has 4 nitrogen and oxygen atoms in total. The van der Waals surface area contributed by atoms with E-state index in [9.17, 15) is 26.7 Å². The van der Waals surface area contributed by atoms with Gasteiger partial charge in [0.1, 0.15) is 17.5 Å². The second-order valence-electron chi connectivity index (χ2n) is 5.57. The van der Waals surface area contributed by atoms with Crippen LogP contribution in [-0.4, -0.2) is 28.4 Å². The maximum Gasteiger partial charge on any atom is 0.253 e. The summed E-state index contributed by atoms with van der Waals surface area (Å²) >= 11 is 0. The number of benzene rings is 1. The predicted molar refractivity (Wildman–Crippen MR) is 77.9 cm³/mol. The first-order valence-electron chi connectivity index (χ1n) is 7.36. The molecule has 1 fully saturated rings. The maximum atomic E-state index is 13.6. The second kappa shape index (κ2) is 6.66. The van der Waals surface area contributed by atoms with E-state index >= 15 is 0 Å². The highest BCUT2D eigenvalue weighted by molar-refractivity contribution is 5.86. The molecule has 1 aromatic carbocycles. The van der Waals surface area contributed by atoms with Crippen molar-refractivity contribution in [1.82, 2.24) is 9.88 Å². The molecule has 0 saturated carbocycles. The van der Waals surface area contributed by atoms with Gasteiger partial charge in [-0.05, 0) is 24.1 Å². The summed E-state index contributed by atoms with van der Waals surface area (Å²) in [4.78, 5) is 16.2. The van der Waals surface area contributed by atoms with Crippen LogP contribution in [0, 0.1) is 29.3 Å². The summed E-state index contributed by atoms with van der Waals surface area (Å²) < 4.78 is 66.4. The third kappa shape index (κ3) is 3.40. The molecule has 1 aliphatic rings. The average Bonchev–Trinajstić information content (AvgIpc) is 2.92. The molecule has 132 valence electrons. The molecule has 1 unspecified atom stereocenters. The normalized spacial score (nSPS) is 17.2. The van der Waals surface area contributed by atoms with Gasteiger partial charge >= 0.3 is 0 Å². The van der Waals surface area contributed by atoms with Crippen LogP contribution < -0.4 is 5.32 Å². The molecule has 1 amide bonds. The first kappa shape index (κ1) is 17.1. The van der Waals surface area contributed by atoms with Crippen molar-refractivity contribution in [3.8, 4) is 0 Å². The molecule has 1 aromatic heterocycles. The van der Waals surface area contributed by atoms with E-state index in [2.05, 4.69) is 10.3 Å².